The number of aromatic nitrogens is 2. The van der Waals surface area contributed by atoms with E-state index in [1.165, 1.54) is 25.7 Å². The van der Waals surface area contributed by atoms with Crippen molar-refractivity contribution in [1.29, 1.82) is 0 Å². The van der Waals surface area contributed by atoms with Crippen LogP contribution < -0.4 is 0 Å². The van der Waals surface area contributed by atoms with E-state index < -0.39 is 0 Å². The maximum atomic E-state index is 5.73. The molecule has 0 bridgehead atoms. The van der Waals surface area contributed by atoms with Crippen LogP contribution in [0.1, 0.15) is 37.5 Å². The van der Waals surface area contributed by atoms with Gasteiger partial charge in [-0.2, -0.15) is 0 Å². The zero-order chi connectivity index (χ0) is 10.8. The van der Waals surface area contributed by atoms with Gasteiger partial charge < -0.3 is 4.42 Å². The Morgan fingerprint density at radius 2 is 1.75 bits per heavy atom. The van der Waals surface area contributed by atoms with Gasteiger partial charge in [0.25, 0.3) is 0 Å². The first-order valence-corrected chi connectivity index (χ1v) is 5.82. The molecule has 1 fully saturated rings. The number of nitrogens with zero attached hydrogens (tertiary/aromatic N) is 2. The third-order valence-electron chi connectivity index (χ3n) is 3.17. The van der Waals surface area contributed by atoms with Gasteiger partial charge in [-0.25, -0.2) is 0 Å². The molecule has 1 saturated carbocycles. The molecule has 16 heavy (non-hydrogen) atoms. The van der Waals surface area contributed by atoms with Crippen molar-refractivity contribution in [1.82, 2.24) is 10.2 Å². The Labute approximate surface area is 94.5 Å². The van der Waals surface area contributed by atoms with Gasteiger partial charge in [0.1, 0.15) is 0 Å². The molecular weight excluding hydrogens is 200 g/mol. The summed E-state index contributed by atoms with van der Waals surface area (Å²) in [6, 6.07) is 9.93. The number of hydrogen-bond acceptors (Lipinski definition) is 3. The fourth-order valence-electron chi connectivity index (χ4n) is 2.27. The largest absolute Gasteiger partial charge is 0.420 e. The Hall–Kier alpha value is -1.64. The van der Waals surface area contributed by atoms with Crippen molar-refractivity contribution < 1.29 is 4.42 Å². The van der Waals surface area contributed by atoms with Crippen LogP contribution in [-0.2, 0) is 0 Å². The van der Waals surface area contributed by atoms with Crippen molar-refractivity contribution in [2.24, 2.45) is 0 Å². The number of rotatable bonds is 2. The number of benzene rings is 1. The second kappa shape index (κ2) is 4.08. The van der Waals surface area contributed by atoms with Gasteiger partial charge in [-0.3, -0.25) is 0 Å². The molecule has 1 heterocycles. The van der Waals surface area contributed by atoms with Gasteiger partial charge in [0.05, 0.1) is 0 Å². The summed E-state index contributed by atoms with van der Waals surface area (Å²) in [7, 11) is 0. The topological polar surface area (TPSA) is 38.9 Å². The van der Waals surface area contributed by atoms with Crippen LogP contribution >= 0.6 is 0 Å². The standard InChI is InChI=1S/C13H14N2O/c1-2-6-10(7-3-1)12-14-15-13(16-12)11-8-4-5-9-11/h1-3,6-7,11H,4-5,8-9H2. The second-order valence-electron chi connectivity index (χ2n) is 4.29. The highest BCUT2D eigenvalue weighted by Crippen LogP contribution is 2.34. The molecule has 0 radical (unpaired) electrons. The Bertz CT molecular complexity index is 458. The molecule has 0 unspecified atom stereocenters. The van der Waals surface area contributed by atoms with E-state index in [4.69, 9.17) is 4.42 Å². The van der Waals surface area contributed by atoms with Gasteiger partial charge in [0, 0.05) is 11.5 Å². The van der Waals surface area contributed by atoms with Crippen LogP contribution in [0.2, 0.25) is 0 Å². The lowest BCUT2D eigenvalue weighted by molar-refractivity contribution is 0.457. The van der Waals surface area contributed by atoms with Gasteiger partial charge in [0.2, 0.25) is 11.8 Å². The summed E-state index contributed by atoms with van der Waals surface area (Å²) in [5, 5.41) is 8.27. The molecular formula is C13H14N2O. The van der Waals surface area contributed by atoms with Crippen molar-refractivity contribution in [2.75, 3.05) is 0 Å². The summed E-state index contributed by atoms with van der Waals surface area (Å²) in [5.41, 5.74) is 0.999. The smallest absolute Gasteiger partial charge is 0.247 e. The molecule has 82 valence electrons. The summed E-state index contributed by atoms with van der Waals surface area (Å²) in [6.07, 6.45) is 4.95. The van der Waals surface area contributed by atoms with Crippen LogP contribution in [0, 0.1) is 0 Å². The predicted molar refractivity (Wildman–Crippen MR) is 60.9 cm³/mol. The molecule has 0 spiro atoms. The molecule has 3 nitrogen and oxygen atoms in total. The Morgan fingerprint density at radius 3 is 2.50 bits per heavy atom. The van der Waals surface area contributed by atoms with Gasteiger partial charge in [-0.1, -0.05) is 31.0 Å². The first-order valence-electron chi connectivity index (χ1n) is 5.82. The van der Waals surface area contributed by atoms with Crippen molar-refractivity contribution in [3.8, 4) is 11.5 Å². The highest BCUT2D eigenvalue weighted by Gasteiger charge is 2.22. The molecule has 2 aromatic rings. The summed E-state index contributed by atoms with van der Waals surface area (Å²) >= 11 is 0. The van der Waals surface area contributed by atoms with Gasteiger partial charge >= 0.3 is 0 Å². The molecule has 0 atom stereocenters. The van der Waals surface area contributed by atoms with E-state index >= 15 is 0 Å². The highest BCUT2D eigenvalue weighted by molar-refractivity contribution is 5.51. The van der Waals surface area contributed by atoms with Crippen molar-refractivity contribution >= 4 is 0 Å². The van der Waals surface area contributed by atoms with E-state index in [0.29, 0.717) is 11.8 Å². The third kappa shape index (κ3) is 1.73. The zero-order valence-corrected chi connectivity index (χ0v) is 9.10. The maximum Gasteiger partial charge on any atom is 0.247 e. The average Bonchev–Trinajstić information content (AvgIpc) is 3.01. The predicted octanol–water partition coefficient (Wildman–Crippen LogP) is 3.39. The molecule has 1 aromatic heterocycles. The first-order chi connectivity index (χ1) is 7.93. The molecule has 0 aliphatic heterocycles. The van der Waals surface area contributed by atoms with E-state index in [-0.39, 0.29) is 0 Å². The van der Waals surface area contributed by atoms with Crippen LogP contribution in [0.3, 0.4) is 0 Å². The van der Waals surface area contributed by atoms with Crippen molar-refractivity contribution in [3.63, 3.8) is 0 Å². The molecule has 1 aliphatic rings. The molecule has 3 rings (SSSR count). The summed E-state index contributed by atoms with van der Waals surface area (Å²) < 4.78 is 5.73. The van der Waals surface area contributed by atoms with Crippen LogP contribution in [0.4, 0.5) is 0 Å². The maximum absolute atomic E-state index is 5.73. The Balaban J connectivity index is 1.87. The lowest BCUT2D eigenvalue weighted by Gasteiger charge is -2.00. The molecule has 0 saturated heterocycles. The van der Waals surface area contributed by atoms with Crippen LogP contribution in [0.25, 0.3) is 11.5 Å². The Kier molecular flexibility index (Phi) is 2.44. The monoisotopic (exact) mass is 214 g/mol. The van der Waals surface area contributed by atoms with Crippen LogP contribution in [0.15, 0.2) is 34.7 Å². The fourth-order valence-corrected chi connectivity index (χ4v) is 2.27. The zero-order valence-electron chi connectivity index (χ0n) is 9.10. The normalized spacial score (nSPS) is 16.8. The lowest BCUT2D eigenvalue weighted by Crippen LogP contribution is -1.91. The third-order valence-corrected chi connectivity index (χ3v) is 3.17. The summed E-state index contributed by atoms with van der Waals surface area (Å²) in [5.74, 6) is 1.95. The Morgan fingerprint density at radius 1 is 1.00 bits per heavy atom. The minimum absolute atomic E-state index is 0.491. The lowest BCUT2D eigenvalue weighted by atomic mass is 10.1. The molecule has 0 amide bonds. The van der Waals surface area contributed by atoms with E-state index in [0.717, 1.165) is 11.5 Å². The summed E-state index contributed by atoms with van der Waals surface area (Å²) in [6.45, 7) is 0. The average molecular weight is 214 g/mol. The minimum atomic E-state index is 0.491. The van der Waals surface area contributed by atoms with E-state index in [1.807, 2.05) is 30.3 Å². The molecule has 3 heteroatoms. The minimum Gasteiger partial charge on any atom is -0.420 e. The SMILES string of the molecule is c1ccc(-c2nnc(C3CCCC3)o2)cc1. The molecule has 0 N–H and O–H groups in total. The van der Waals surface area contributed by atoms with Crippen molar-refractivity contribution in [2.45, 2.75) is 31.6 Å². The van der Waals surface area contributed by atoms with Crippen LogP contribution in [-0.4, -0.2) is 10.2 Å². The van der Waals surface area contributed by atoms with E-state index in [1.54, 1.807) is 0 Å². The fraction of sp³-hybridized carbons (Fsp3) is 0.385. The van der Waals surface area contributed by atoms with Crippen LogP contribution in [0.5, 0.6) is 0 Å². The summed E-state index contributed by atoms with van der Waals surface area (Å²) in [4.78, 5) is 0. The van der Waals surface area contributed by atoms with Gasteiger partial charge in [0.15, 0.2) is 0 Å². The van der Waals surface area contributed by atoms with E-state index in [9.17, 15) is 0 Å². The van der Waals surface area contributed by atoms with E-state index in [2.05, 4.69) is 10.2 Å². The molecule has 1 aromatic carbocycles. The molecule has 1 aliphatic carbocycles. The highest BCUT2D eigenvalue weighted by atomic mass is 16.4. The van der Waals surface area contributed by atoms with Gasteiger partial charge in [-0.05, 0) is 25.0 Å². The van der Waals surface area contributed by atoms with Crippen molar-refractivity contribution in [3.05, 3.63) is 36.2 Å². The van der Waals surface area contributed by atoms with Gasteiger partial charge in [-0.15, -0.1) is 10.2 Å². The second-order valence-corrected chi connectivity index (χ2v) is 4.29. The number of hydrogen-bond donors (Lipinski definition) is 0. The first kappa shape index (κ1) is 9.58. The quantitative estimate of drug-likeness (QED) is 0.769.